The third-order valence-electron chi connectivity index (χ3n) is 3.17. The number of amides is 1. The van der Waals surface area contributed by atoms with E-state index in [1.54, 1.807) is 18.5 Å². The molecule has 1 aliphatic carbocycles. The molecular weight excluding hydrogens is 238 g/mol. The molecular formula is C15H21N3O. The summed E-state index contributed by atoms with van der Waals surface area (Å²) in [5, 5.41) is 2.79. The van der Waals surface area contributed by atoms with E-state index in [9.17, 15) is 4.79 Å². The van der Waals surface area contributed by atoms with E-state index in [1.165, 1.54) is 12.8 Å². The minimum absolute atomic E-state index is 0.0784. The highest BCUT2D eigenvalue weighted by Crippen LogP contribution is 2.35. The molecule has 1 aromatic rings. The van der Waals surface area contributed by atoms with Crippen molar-refractivity contribution in [3.63, 3.8) is 0 Å². The summed E-state index contributed by atoms with van der Waals surface area (Å²) in [6.07, 6.45) is 7.41. The average Bonchev–Trinajstić information content (AvgIpc) is 3.11. The van der Waals surface area contributed by atoms with Crippen molar-refractivity contribution in [2.45, 2.75) is 46.0 Å². The summed E-state index contributed by atoms with van der Waals surface area (Å²) >= 11 is 0. The van der Waals surface area contributed by atoms with E-state index in [0.717, 1.165) is 11.4 Å². The van der Waals surface area contributed by atoms with Crippen LogP contribution in [0.25, 0.3) is 0 Å². The molecule has 1 heterocycles. The standard InChI is InChI=1S/C15H21N3O/c1-10(11-5-6-11)7-13(19)18-12-8-16-14(17-9-12)15(2,3)4/h7-9,11H,5-6H2,1-4H3,(H,18,19)/b10-7-. The molecule has 0 aromatic carbocycles. The summed E-state index contributed by atoms with van der Waals surface area (Å²) in [5.74, 6) is 1.29. The molecule has 0 radical (unpaired) electrons. The fourth-order valence-electron chi connectivity index (χ4n) is 1.82. The second-order valence-electron chi connectivity index (χ2n) is 6.20. The number of carbonyl (C=O) groups is 1. The average molecular weight is 259 g/mol. The minimum Gasteiger partial charge on any atom is -0.320 e. The van der Waals surface area contributed by atoms with Crippen LogP contribution in [0.15, 0.2) is 24.0 Å². The number of allylic oxidation sites excluding steroid dienone is 1. The van der Waals surface area contributed by atoms with Crippen LogP contribution < -0.4 is 5.32 Å². The predicted molar refractivity (Wildman–Crippen MR) is 75.8 cm³/mol. The van der Waals surface area contributed by atoms with Crippen LogP contribution in [0.1, 0.15) is 46.4 Å². The SMILES string of the molecule is C/C(=C/C(=O)Nc1cnc(C(C)(C)C)nc1)C1CC1. The van der Waals surface area contributed by atoms with Crippen molar-refractivity contribution in [1.29, 1.82) is 0 Å². The molecule has 2 rings (SSSR count). The van der Waals surface area contributed by atoms with E-state index >= 15 is 0 Å². The zero-order valence-corrected chi connectivity index (χ0v) is 12.0. The molecule has 1 aromatic heterocycles. The molecule has 0 saturated heterocycles. The highest BCUT2D eigenvalue weighted by molar-refractivity contribution is 5.99. The van der Waals surface area contributed by atoms with E-state index < -0.39 is 0 Å². The number of aromatic nitrogens is 2. The number of rotatable bonds is 3. The molecule has 1 N–H and O–H groups in total. The van der Waals surface area contributed by atoms with Gasteiger partial charge in [0.1, 0.15) is 5.82 Å². The van der Waals surface area contributed by atoms with Gasteiger partial charge in [-0.2, -0.15) is 0 Å². The lowest BCUT2D eigenvalue weighted by Crippen LogP contribution is -2.16. The van der Waals surface area contributed by atoms with Crippen molar-refractivity contribution >= 4 is 11.6 Å². The second-order valence-corrected chi connectivity index (χ2v) is 6.20. The van der Waals surface area contributed by atoms with Crippen molar-refractivity contribution in [3.05, 3.63) is 29.9 Å². The minimum atomic E-state index is -0.100. The summed E-state index contributed by atoms with van der Waals surface area (Å²) in [6.45, 7) is 8.18. The molecule has 0 aliphatic heterocycles. The zero-order chi connectivity index (χ0) is 14.0. The lowest BCUT2D eigenvalue weighted by molar-refractivity contribution is -0.112. The molecule has 0 bridgehead atoms. The second kappa shape index (κ2) is 5.11. The molecule has 0 spiro atoms. The Bertz CT molecular complexity index is 493. The van der Waals surface area contributed by atoms with Gasteiger partial charge in [0.2, 0.25) is 5.91 Å². The Kier molecular flexibility index (Phi) is 3.69. The maximum absolute atomic E-state index is 11.8. The fourth-order valence-corrected chi connectivity index (χ4v) is 1.82. The number of anilines is 1. The molecule has 1 saturated carbocycles. The van der Waals surface area contributed by atoms with Crippen LogP contribution in [0.3, 0.4) is 0 Å². The lowest BCUT2D eigenvalue weighted by atomic mass is 9.96. The quantitative estimate of drug-likeness (QED) is 0.849. The number of nitrogens with one attached hydrogen (secondary N) is 1. The highest BCUT2D eigenvalue weighted by Gasteiger charge is 2.23. The van der Waals surface area contributed by atoms with Gasteiger partial charge in [0.05, 0.1) is 18.1 Å². The molecule has 19 heavy (non-hydrogen) atoms. The van der Waals surface area contributed by atoms with Crippen molar-refractivity contribution in [1.82, 2.24) is 9.97 Å². The number of nitrogens with zero attached hydrogens (tertiary/aromatic N) is 2. The first-order chi connectivity index (χ1) is 8.86. The van der Waals surface area contributed by atoms with E-state index in [4.69, 9.17) is 0 Å². The topological polar surface area (TPSA) is 54.9 Å². The van der Waals surface area contributed by atoms with Gasteiger partial charge in [0, 0.05) is 11.5 Å². The molecule has 0 atom stereocenters. The van der Waals surface area contributed by atoms with Gasteiger partial charge in [0.15, 0.2) is 0 Å². The lowest BCUT2D eigenvalue weighted by Gasteiger charge is -2.16. The Hall–Kier alpha value is -1.71. The first-order valence-electron chi connectivity index (χ1n) is 6.68. The molecule has 1 fully saturated rings. The summed E-state index contributed by atoms with van der Waals surface area (Å²) in [5.41, 5.74) is 1.72. The summed E-state index contributed by atoms with van der Waals surface area (Å²) < 4.78 is 0. The monoisotopic (exact) mass is 259 g/mol. The first-order valence-corrected chi connectivity index (χ1v) is 6.68. The van der Waals surface area contributed by atoms with Gasteiger partial charge >= 0.3 is 0 Å². The van der Waals surface area contributed by atoms with Gasteiger partial charge in [-0.1, -0.05) is 26.3 Å². The van der Waals surface area contributed by atoms with Crippen molar-refractivity contribution in [2.75, 3.05) is 5.32 Å². The van der Waals surface area contributed by atoms with Crippen LogP contribution in [-0.2, 0) is 10.2 Å². The zero-order valence-electron chi connectivity index (χ0n) is 12.0. The summed E-state index contributed by atoms with van der Waals surface area (Å²) in [7, 11) is 0. The summed E-state index contributed by atoms with van der Waals surface area (Å²) in [4.78, 5) is 20.4. The normalized spacial score (nSPS) is 16.3. The maximum Gasteiger partial charge on any atom is 0.248 e. The third kappa shape index (κ3) is 3.88. The third-order valence-corrected chi connectivity index (χ3v) is 3.17. The van der Waals surface area contributed by atoms with E-state index in [-0.39, 0.29) is 11.3 Å². The molecule has 1 aliphatic rings. The van der Waals surface area contributed by atoms with Gasteiger partial charge in [-0.05, 0) is 25.7 Å². The van der Waals surface area contributed by atoms with Crippen molar-refractivity contribution in [2.24, 2.45) is 5.92 Å². The molecule has 102 valence electrons. The predicted octanol–water partition coefficient (Wildman–Crippen LogP) is 3.07. The first kappa shape index (κ1) is 13.7. The van der Waals surface area contributed by atoms with Gasteiger partial charge in [-0.15, -0.1) is 0 Å². The molecule has 4 nitrogen and oxygen atoms in total. The van der Waals surface area contributed by atoms with Crippen molar-refractivity contribution < 1.29 is 4.79 Å². The fraction of sp³-hybridized carbons (Fsp3) is 0.533. The van der Waals surface area contributed by atoms with Gasteiger partial charge < -0.3 is 5.32 Å². The van der Waals surface area contributed by atoms with Gasteiger partial charge in [0.25, 0.3) is 0 Å². The van der Waals surface area contributed by atoms with E-state index in [2.05, 4.69) is 36.1 Å². The Balaban J connectivity index is 1.99. The van der Waals surface area contributed by atoms with Crippen molar-refractivity contribution in [3.8, 4) is 0 Å². The largest absolute Gasteiger partial charge is 0.320 e. The summed E-state index contributed by atoms with van der Waals surface area (Å²) in [6, 6.07) is 0. The van der Waals surface area contributed by atoms with Gasteiger partial charge in [-0.3, -0.25) is 4.79 Å². The van der Waals surface area contributed by atoms with E-state index in [0.29, 0.717) is 11.6 Å². The Morgan fingerprint density at radius 2 is 1.89 bits per heavy atom. The number of carbonyl (C=O) groups excluding carboxylic acids is 1. The Morgan fingerprint density at radius 1 is 1.32 bits per heavy atom. The van der Waals surface area contributed by atoms with Crippen LogP contribution in [0, 0.1) is 5.92 Å². The van der Waals surface area contributed by atoms with Crippen LogP contribution in [-0.4, -0.2) is 15.9 Å². The smallest absolute Gasteiger partial charge is 0.248 e. The van der Waals surface area contributed by atoms with Gasteiger partial charge in [-0.25, -0.2) is 9.97 Å². The van der Waals surface area contributed by atoms with Crippen LogP contribution in [0.5, 0.6) is 0 Å². The maximum atomic E-state index is 11.8. The highest BCUT2D eigenvalue weighted by atomic mass is 16.1. The van der Waals surface area contributed by atoms with Crippen LogP contribution >= 0.6 is 0 Å². The molecule has 4 heteroatoms. The number of hydrogen-bond acceptors (Lipinski definition) is 3. The molecule has 1 amide bonds. The number of hydrogen-bond donors (Lipinski definition) is 1. The Morgan fingerprint density at radius 3 is 2.37 bits per heavy atom. The Labute approximate surface area is 114 Å². The van der Waals surface area contributed by atoms with Crippen LogP contribution in [0.4, 0.5) is 5.69 Å². The van der Waals surface area contributed by atoms with Crippen LogP contribution in [0.2, 0.25) is 0 Å². The molecule has 0 unspecified atom stereocenters. The van der Waals surface area contributed by atoms with E-state index in [1.807, 2.05) is 6.92 Å².